The van der Waals surface area contributed by atoms with E-state index in [1.807, 2.05) is 24.3 Å². The molecule has 3 aromatic rings. The molecule has 0 spiro atoms. The topological polar surface area (TPSA) is 239 Å². The lowest BCUT2D eigenvalue weighted by molar-refractivity contribution is -0.170. The predicted molar refractivity (Wildman–Crippen MR) is 163 cm³/mol. The van der Waals surface area contributed by atoms with Crippen molar-refractivity contribution in [1.29, 1.82) is 0 Å². The first-order valence-electron chi connectivity index (χ1n) is 14.3. The van der Waals surface area contributed by atoms with Gasteiger partial charge in [0.05, 0.1) is 18.4 Å². The predicted octanol–water partition coefficient (Wildman–Crippen LogP) is 1.58. The lowest BCUT2D eigenvalue weighted by Gasteiger charge is -2.29. The zero-order valence-electron chi connectivity index (χ0n) is 25.3. The Morgan fingerprint density at radius 1 is 0.957 bits per heavy atom. The number of para-hydroxylation sites is 1. The van der Waals surface area contributed by atoms with Crippen molar-refractivity contribution >= 4 is 46.7 Å². The molecule has 46 heavy (non-hydrogen) atoms. The van der Waals surface area contributed by atoms with E-state index in [9.17, 15) is 33.9 Å². The van der Waals surface area contributed by atoms with E-state index < -0.39 is 66.1 Å². The number of aromatic amines is 1. The highest BCUT2D eigenvalue weighted by molar-refractivity contribution is 5.91. The Hall–Kier alpha value is -5.44. The van der Waals surface area contributed by atoms with Crippen molar-refractivity contribution in [3.63, 3.8) is 0 Å². The number of rotatable bonds is 16. The highest BCUT2D eigenvalue weighted by Crippen LogP contribution is 2.23. The van der Waals surface area contributed by atoms with Crippen LogP contribution in [0.2, 0.25) is 0 Å². The Balaban J connectivity index is 1.59. The molecule has 2 aromatic carbocycles. The van der Waals surface area contributed by atoms with Crippen LogP contribution in [0.5, 0.6) is 0 Å². The number of benzene rings is 2. The molecule has 3 rings (SSSR count). The van der Waals surface area contributed by atoms with Crippen LogP contribution in [0.4, 0.5) is 4.79 Å². The van der Waals surface area contributed by atoms with E-state index >= 15 is 0 Å². The molecule has 3 amide bonds. The van der Waals surface area contributed by atoms with Crippen molar-refractivity contribution in [2.24, 2.45) is 11.7 Å². The van der Waals surface area contributed by atoms with Crippen LogP contribution in [0.15, 0.2) is 60.8 Å². The smallest absolute Gasteiger partial charge is 0.405 e. The van der Waals surface area contributed by atoms with Crippen LogP contribution in [0.3, 0.4) is 0 Å². The van der Waals surface area contributed by atoms with Gasteiger partial charge in [0.25, 0.3) is 0 Å². The summed E-state index contributed by atoms with van der Waals surface area (Å²) >= 11 is 0. The molecule has 0 radical (unpaired) electrons. The summed E-state index contributed by atoms with van der Waals surface area (Å²) in [7, 11) is 0. The zero-order chi connectivity index (χ0) is 33.9. The largest absolute Gasteiger partial charge is 0.481 e. The van der Waals surface area contributed by atoms with E-state index in [1.165, 1.54) is 13.8 Å². The van der Waals surface area contributed by atoms with E-state index in [4.69, 9.17) is 15.6 Å². The first-order valence-corrected chi connectivity index (χ1v) is 14.3. The summed E-state index contributed by atoms with van der Waals surface area (Å²) in [6, 6.07) is 13.9. The third-order valence-corrected chi connectivity index (χ3v) is 7.28. The normalized spacial score (nSPS) is 14.2. The Kier molecular flexibility index (Phi) is 12.2. The van der Waals surface area contributed by atoms with Gasteiger partial charge >= 0.3 is 24.0 Å². The van der Waals surface area contributed by atoms with E-state index in [-0.39, 0.29) is 25.8 Å². The number of carbonyl (C=O) groups excluding carboxylic acids is 4. The molecule has 15 nitrogen and oxygen atoms in total. The summed E-state index contributed by atoms with van der Waals surface area (Å²) in [5, 5.41) is 27.1. The average Bonchev–Trinajstić information content (AvgIpc) is 3.43. The van der Waals surface area contributed by atoms with Crippen LogP contribution in [0.1, 0.15) is 43.9 Å². The van der Waals surface area contributed by atoms with Gasteiger partial charge < -0.3 is 46.4 Å². The number of carboxylic acids is 1. The highest BCUT2D eigenvalue weighted by atomic mass is 16.7. The Labute approximate surface area is 263 Å². The third kappa shape index (κ3) is 9.79. The molecule has 0 fully saturated rings. The highest BCUT2D eigenvalue weighted by Gasteiger charge is 2.36. The number of H-pyrrole nitrogens is 1. The van der Waals surface area contributed by atoms with Gasteiger partial charge in [0.1, 0.15) is 11.6 Å². The van der Waals surface area contributed by atoms with Gasteiger partial charge in [-0.15, -0.1) is 0 Å². The third-order valence-electron chi connectivity index (χ3n) is 7.28. The first-order chi connectivity index (χ1) is 21.8. The van der Waals surface area contributed by atoms with Crippen LogP contribution in [0.25, 0.3) is 10.9 Å². The molecule has 8 N–H and O–H groups in total. The molecule has 0 saturated carbocycles. The van der Waals surface area contributed by atoms with Gasteiger partial charge in [-0.1, -0.05) is 48.5 Å². The minimum atomic E-state index is -1.56. The molecule has 0 aliphatic rings. The van der Waals surface area contributed by atoms with Gasteiger partial charge in [0, 0.05) is 36.5 Å². The first kappa shape index (κ1) is 35.0. The number of ether oxygens (including phenoxy) is 2. The number of hydrogen-bond donors (Lipinski definition) is 7. The van der Waals surface area contributed by atoms with Gasteiger partial charge in [0.15, 0.2) is 0 Å². The summed E-state index contributed by atoms with van der Waals surface area (Å²) in [4.78, 5) is 75.9. The summed E-state index contributed by atoms with van der Waals surface area (Å²) in [5.41, 5.74) is 6.15. The van der Waals surface area contributed by atoms with Crippen molar-refractivity contribution in [3.8, 4) is 0 Å². The molecule has 246 valence electrons. The second kappa shape index (κ2) is 16.0. The van der Waals surface area contributed by atoms with Gasteiger partial charge in [-0.05, 0) is 31.0 Å². The standard InChI is InChI=1S/C31H37N5O10/c1-18(27(39)40)26(32)28(41)46-17-45-25(38)13-12-24(37)35-23(19-8-4-3-5-9-19)16-34-29(42)31(2,36-30(43)44)14-20-15-33-22-11-7-6-10-21(20)22/h3-11,15,18,23,26,33,36H,12-14,16-17,32H2,1-2H3,(H,34,42)(H,35,37)(H,39,40)(H,43,44). The minimum Gasteiger partial charge on any atom is -0.481 e. The maximum absolute atomic E-state index is 13.5. The van der Waals surface area contributed by atoms with E-state index in [0.29, 0.717) is 5.56 Å². The number of amides is 3. The second-order valence-electron chi connectivity index (χ2n) is 10.8. The van der Waals surface area contributed by atoms with Gasteiger partial charge in [-0.2, -0.15) is 0 Å². The van der Waals surface area contributed by atoms with Crippen molar-refractivity contribution in [1.82, 2.24) is 20.9 Å². The second-order valence-corrected chi connectivity index (χ2v) is 10.8. The van der Waals surface area contributed by atoms with Crippen LogP contribution >= 0.6 is 0 Å². The summed E-state index contributed by atoms with van der Waals surface area (Å²) in [6.45, 7) is 1.79. The van der Waals surface area contributed by atoms with Crippen molar-refractivity contribution < 1.29 is 48.5 Å². The molecule has 0 bridgehead atoms. The lowest BCUT2D eigenvalue weighted by atomic mass is 9.91. The van der Waals surface area contributed by atoms with Crippen molar-refractivity contribution in [3.05, 3.63) is 71.9 Å². The SMILES string of the molecule is CC(C(=O)O)C(N)C(=O)OCOC(=O)CCC(=O)NC(CNC(=O)C(C)(Cc1c[nH]c2ccccc12)NC(=O)O)c1ccccc1. The van der Waals surface area contributed by atoms with Crippen LogP contribution < -0.4 is 21.7 Å². The average molecular weight is 640 g/mol. The van der Waals surface area contributed by atoms with Crippen LogP contribution in [0, 0.1) is 5.92 Å². The maximum atomic E-state index is 13.5. The van der Waals surface area contributed by atoms with E-state index in [2.05, 4.69) is 25.7 Å². The number of aromatic nitrogens is 1. The quantitative estimate of drug-likeness (QED) is 0.0877. The monoisotopic (exact) mass is 639 g/mol. The van der Waals surface area contributed by atoms with Gasteiger partial charge in [-0.3, -0.25) is 24.0 Å². The summed E-state index contributed by atoms with van der Waals surface area (Å²) in [6.07, 6.45) is -0.307. The molecule has 0 saturated heterocycles. The molecule has 1 aromatic heterocycles. The number of aliphatic carboxylic acids is 1. The Morgan fingerprint density at radius 3 is 2.30 bits per heavy atom. The summed E-state index contributed by atoms with van der Waals surface area (Å²) in [5.74, 6) is -5.61. The van der Waals surface area contributed by atoms with E-state index in [1.54, 1.807) is 36.5 Å². The molecule has 0 aliphatic carbocycles. The summed E-state index contributed by atoms with van der Waals surface area (Å²) < 4.78 is 9.46. The fourth-order valence-electron chi connectivity index (χ4n) is 4.56. The molecule has 0 aliphatic heterocycles. The minimum absolute atomic E-state index is 0.0411. The van der Waals surface area contributed by atoms with E-state index in [0.717, 1.165) is 16.5 Å². The number of carboxylic acid groups (broad SMARTS) is 2. The fourth-order valence-corrected chi connectivity index (χ4v) is 4.56. The molecule has 15 heteroatoms. The molecule has 4 unspecified atom stereocenters. The molecular weight excluding hydrogens is 602 g/mol. The van der Waals surface area contributed by atoms with Crippen LogP contribution in [-0.4, -0.2) is 75.9 Å². The van der Waals surface area contributed by atoms with Crippen molar-refractivity contribution in [2.75, 3.05) is 13.3 Å². The number of nitrogens with one attached hydrogen (secondary N) is 4. The Morgan fingerprint density at radius 2 is 1.63 bits per heavy atom. The number of carbonyl (C=O) groups is 6. The Bertz CT molecular complexity index is 1560. The maximum Gasteiger partial charge on any atom is 0.405 e. The number of esters is 2. The van der Waals surface area contributed by atoms with Gasteiger partial charge in [-0.25, -0.2) is 4.79 Å². The lowest BCUT2D eigenvalue weighted by Crippen LogP contribution is -2.58. The van der Waals surface area contributed by atoms with Crippen LogP contribution in [-0.2, 0) is 39.9 Å². The number of hydrogen-bond acceptors (Lipinski definition) is 9. The molecule has 1 heterocycles. The molecular formula is C31H37N5O10. The fraction of sp³-hybridized carbons (Fsp3) is 0.355. The zero-order valence-corrected chi connectivity index (χ0v) is 25.3. The van der Waals surface area contributed by atoms with Crippen molar-refractivity contribution in [2.45, 2.75) is 50.7 Å². The molecule has 4 atom stereocenters. The van der Waals surface area contributed by atoms with Gasteiger partial charge in [0.2, 0.25) is 18.6 Å². The number of nitrogens with two attached hydrogens (primary N) is 1. The number of fused-ring (bicyclic) bond motifs is 1.